The molecule has 1 fully saturated rings. The summed E-state index contributed by atoms with van der Waals surface area (Å²) in [4.78, 5) is 37.5. The Morgan fingerprint density at radius 3 is 2.46 bits per heavy atom. The molecule has 0 aliphatic carbocycles. The Hall–Kier alpha value is -2.37. The molecule has 1 heterocycles. The second-order valence-corrected chi connectivity index (χ2v) is 6.05. The molecule has 1 unspecified atom stereocenters. The number of carbonyl (C=O) groups is 3. The second-order valence-electron chi connectivity index (χ2n) is 6.05. The smallest absolute Gasteiger partial charge is 0.308 e. The zero-order valence-electron chi connectivity index (χ0n) is 14.0. The molecule has 6 nitrogen and oxygen atoms in total. The Morgan fingerprint density at radius 1 is 1.12 bits per heavy atom. The molecule has 1 aromatic rings. The number of carbonyl (C=O) groups excluding carboxylic acids is 3. The molecule has 0 radical (unpaired) electrons. The number of benzene rings is 1. The maximum absolute atomic E-state index is 12.0. The molecule has 1 atom stereocenters. The molecule has 0 saturated carbocycles. The molecule has 0 bridgehead atoms. The van der Waals surface area contributed by atoms with Crippen LogP contribution in [-0.4, -0.2) is 48.4 Å². The molecule has 0 spiro atoms. The lowest BCUT2D eigenvalue weighted by Gasteiger charge is -2.26. The SMILES string of the molecule is CC(CC(=O)OCC(=O)N1CCCCC1)NC(=O)c1ccccc1. The first-order valence-electron chi connectivity index (χ1n) is 8.35. The molecule has 2 amide bonds. The molecule has 1 saturated heterocycles. The van der Waals surface area contributed by atoms with Gasteiger partial charge in [-0.1, -0.05) is 18.2 Å². The van der Waals surface area contributed by atoms with Gasteiger partial charge in [0.25, 0.3) is 11.8 Å². The highest BCUT2D eigenvalue weighted by atomic mass is 16.5. The zero-order valence-corrected chi connectivity index (χ0v) is 14.0. The summed E-state index contributed by atoms with van der Waals surface area (Å²) in [5.41, 5.74) is 0.540. The monoisotopic (exact) mass is 332 g/mol. The predicted octanol–water partition coefficient (Wildman–Crippen LogP) is 1.75. The molecular formula is C18H24N2O4. The Kier molecular flexibility index (Phi) is 6.78. The van der Waals surface area contributed by atoms with E-state index in [2.05, 4.69) is 5.32 Å². The predicted molar refractivity (Wildman–Crippen MR) is 89.4 cm³/mol. The molecule has 1 N–H and O–H groups in total. The molecule has 1 aliphatic rings. The summed E-state index contributed by atoms with van der Waals surface area (Å²) in [5, 5.41) is 2.74. The van der Waals surface area contributed by atoms with Crippen LogP contribution < -0.4 is 5.32 Å². The fourth-order valence-corrected chi connectivity index (χ4v) is 2.63. The van der Waals surface area contributed by atoms with Gasteiger partial charge >= 0.3 is 5.97 Å². The number of rotatable bonds is 6. The maximum atomic E-state index is 12.0. The molecule has 2 rings (SSSR count). The van der Waals surface area contributed by atoms with Gasteiger partial charge < -0.3 is 15.0 Å². The van der Waals surface area contributed by atoms with Crippen LogP contribution >= 0.6 is 0 Å². The first-order chi connectivity index (χ1) is 11.6. The van der Waals surface area contributed by atoms with Gasteiger partial charge in [0.1, 0.15) is 0 Å². The molecule has 1 aliphatic heterocycles. The Labute approximate surface area is 142 Å². The van der Waals surface area contributed by atoms with E-state index < -0.39 is 5.97 Å². The third kappa shape index (κ3) is 5.68. The number of esters is 1. The number of nitrogens with one attached hydrogen (secondary N) is 1. The van der Waals surface area contributed by atoms with Crippen LogP contribution in [0.15, 0.2) is 30.3 Å². The van der Waals surface area contributed by atoms with E-state index in [0.29, 0.717) is 5.56 Å². The van der Waals surface area contributed by atoms with Crippen LogP contribution in [0.5, 0.6) is 0 Å². The minimum Gasteiger partial charge on any atom is -0.456 e. The number of ether oxygens (including phenoxy) is 1. The van der Waals surface area contributed by atoms with Crippen LogP contribution in [0.4, 0.5) is 0 Å². The van der Waals surface area contributed by atoms with E-state index in [-0.39, 0.29) is 30.9 Å². The number of amides is 2. The standard InChI is InChI=1S/C18H24N2O4/c1-14(19-18(23)15-8-4-2-5-9-15)12-17(22)24-13-16(21)20-10-6-3-7-11-20/h2,4-5,8-9,14H,3,6-7,10-13H2,1H3,(H,19,23). The topological polar surface area (TPSA) is 75.7 Å². The minimum absolute atomic E-state index is 0.0336. The molecule has 130 valence electrons. The average Bonchev–Trinajstić information content (AvgIpc) is 2.61. The van der Waals surface area contributed by atoms with E-state index in [0.717, 1.165) is 32.4 Å². The van der Waals surface area contributed by atoms with E-state index in [4.69, 9.17) is 4.74 Å². The summed E-state index contributed by atoms with van der Waals surface area (Å²) < 4.78 is 5.03. The average molecular weight is 332 g/mol. The molecular weight excluding hydrogens is 308 g/mol. The van der Waals surface area contributed by atoms with Crippen LogP contribution in [-0.2, 0) is 14.3 Å². The summed E-state index contributed by atoms with van der Waals surface area (Å²) >= 11 is 0. The van der Waals surface area contributed by atoms with Crippen LogP contribution in [0.1, 0.15) is 43.0 Å². The third-order valence-electron chi connectivity index (χ3n) is 3.95. The van der Waals surface area contributed by atoms with Gasteiger partial charge in [-0.15, -0.1) is 0 Å². The second kappa shape index (κ2) is 9.05. The van der Waals surface area contributed by atoms with Crippen molar-refractivity contribution in [3.8, 4) is 0 Å². The quantitative estimate of drug-likeness (QED) is 0.805. The first-order valence-corrected chi connectivity index (χ1v) is 8.35. The van der Waals surface area contributed by atoms with Crippen molar-refractivity contribution in [2.45, 2.75) is 38.6 Å². The zero-order chi connectivity index (χ0) is 17.4. The van der Waals surface area contributed by atoms with Crippen molar-refractivity contribution in [3.05, 3.63) is 35.9 Å². The molecule has 24 heavy (non-hydrogen) atoms. The Balaban J connectivity index is 1.69. The van der Waals surface area contributed by atoms with Gasteiger partial charge in [0.2, 0.25) is 0 Å². The summed E-state index contributed by atoms with van der Waals surface area (Å²) in [5.74, 6) is -0.870. The first kappa shape index (κ1) is 18.0. The normalized spacial score (nSPS) is 15.5. The highest BCUT2D eigenvalue weighted by Gasteiger charge is 2.19. The number of hydrogen-bond acceptors (Lipinski definition) is 4. The lowest BCUT2D eigenvalue weighted by Crippen LogP contribution is -2.39. The summed E-state index contributed by atoms with van der Waals surface area (Å²) in [6.07, 6.45) is 3.18. The molecule has 6 heteroatoms. The van der Waals surface area contributed by atoms with Crippen molar-refractivity contribution in [3.63, 3.8) is 0 Å². The maximum Gasteiger partial charge on any atom is 0.308 e. The summed E-state index contributed by atoms with van der Waals surface area (Å²) in [7, 11) is 0. The lowest BCUT2D eigenvalue weighted by molar-refractivity contribution is -0.152. The third-order valence-corrected chi connectivity index (χ3v) is 3.95. The number of nitrogens with zero attached hydrogens (tertiary/aromatic N) is 1. The number of likely N-dealkylation sites (tertiary alicyclic amines) is 1. The summed E-state index contributed by atoms with van der Waals surface area (Å²) in [6, 6.07) is 8.43. The van der Waals surface area contributed by atoms with Crippen LogP contribution in [0.3, 0.4) is 0 Å². The van der Waals surface area contributed by atoms with Gasteiger partial charge in [0, 0.05) is 24.7 Å². The van der Waals surface area contributed by atoms with Gasteiger partial charge in [0.05, 0.1) is 6.42 Å². The number of hydrogen-bond donors (Lipinski definition) is 1. The van der Waals surface area contributed by atoms with Crippen molar-refractivity contribution in [1.82, 2.24) is 10.2 Å². The van der Waals surface area contributed by atoms with Crippen LogP contribution in [0.2, 0.25) is 0 Å². The lowest BCUT2D eigenvalue weighted by atomic mass is 10.1. The van der Waals surface area contributed by atoms with Crippen molar-refractivity contribution in [1.29, 1.82) is 0 Å². The largest absolute Gasteiger partial charge is 0.456 e. The number of piperidine rings is 1. The van der Waals surface area contributed by atoms with Crippen molar-refractivity contribution >= 4 is 17.8 Å². The van der Waals surface area contributed by atoms with E-state index in [1.54, 1.807) is 36.1 Å². The fourth-order valence-electron chi connectivity index (χ4n) is 2.63. The van der Waals surface area contributed by atoms with E-state index in [1.807, 2.05) is 6.07 Å². The van der Waals surface area contributed by atoms with Gasteiger partial charge in [-0.25, -0.2) is 0 Å². The fraction of sp³-hybridized carbons (Fsp3) is 0.500. The van der Waals surface area contributed by atoms with E-state index >= 15 is 0 Å². The highest BCUT2D eigenvalue weighted by Crippen LogP contribution is 2.09. The van der Waals surface area contributed by atoms with Gasteiger partial charge in [-0.3, -0.25) is 14.4 Å². The van der Waals surface area contributed by atoms with Crippen LogP contribution in [0.25, 0.3) is 0 Å². The minimum atomic E-state index is -0.485. The Bertz CT molecular complexity index is 568. The van der Waals surface area contributed by atoms with Crippen molar-refractivity contribution < 1.29 is 19.1 Å². The van der Waals surface area contributed by atoms with Gasteiger partial charge in [-0.05, 0) is 38.3 Å². The van der Waals surface area contributed by atoms with Crippen molar-refractivity contribution in [2.75, 3.05) is 19.7 Å². The summed E-state index contributed by atoms with van der Waals surface area (Å²) in [6.45, 7) is 2.98. The molecule has 1 aromatic carbocycles. The Morgan fingerprint density at radius 2 is 1.79 bits per heavy atom. The van der Waals surface area contributed by atoms with Gasteiger partial charge in [0.15, 0.2) is 6.61 Å². The van der Waals surface area contributed by atoms with Crippen molar-refractivity contribution in [2.24, 2.45) is 0 Å². The molecule has 0 aromatic heterocycles. The highest BCUT2D eigenvalue weighted by molar-refractivity contribution is 5.94. The van der Waals surface area contributed by atoms with Crippen LogP contribution in [0, 0.1) is 0 Å². The van der Waals surface area contributed by atoms with E-state index in [9.17, 15) is 14.4 Å². The van der Waals surface area contributed by atoms with Gasteiger partial charge in [-0.2, -0.15) is 0 Å². The van der Waals surface area contributed by atoms with E-state index in [1.165, 1.54) is 0 Å².